The number of benzene rings is 1. The Morgan fingerprint density at radius 3 is 2.88 bits per heavy atom. The molecule has 0 aliphatic carbocycles. The molecule has 1 aromatic carbocycles. The van der Waals surface area contributed by atoms with E-state index in [-0.39, 0.29) is 0 Å². The summed E-state index contributed by atoms with van der Waals surface area (Å²) in [5.41, 5.74) is 3.78. The summed E-state index contributed by atoms with van der Waals surface area (Å²) in [6, 6.07) is 12.7. The molecule has 5 nitrogen and oxygen atoms in total. The molecule has 1 fully saturated rings. The molecule has 0 spiro atoms. The van der Waals surface area contributed by atoms with Crippen LogP contribution in [0.3, 0.4) is 0 Å². The van der Waals surface area contributed by atoms with Gasteiger partial charge >= 0.3 is 0 Å². The number of aromatic nitrogens is 1. The van der Waals surface area contributed by atoms with Crippen LogP contribution in [0.25, 0.3) is 0 Å². The van der Waals surface area contributed by atoms with E-state index in [9.17, 15) is 4.79 Å². The Morgan fingerprint density at radius 1 is 1.19 bits per heavy atom. The van der Waals surface area contributed by atoms with Crippen LogP contribution in [-0.4, -0.2) is 42.5 Å². The molecule has 1 amide bonds. The number of rotatable bonds is 6. The number of methoxy groups -OCH3 is 1. The van der Waals surface area contributed by atoms with E-state index in [4.69, 9.17) is 4.74 Å². The topological polar surface area (TPSA) is 45.7 Å². The van der Waals surface area contributed by atoms with E-state index in [0.29, 0.717) is 24.1 Å². The molecule has 2 aliphatic rings. The summed E-state index contributed by atoms with van der Waals surface area (Å²) in [6.45, 7) is 3.54. The first-order valence-electron chi connectivity index (χ1n) is 9.36. The standard InChI is InChI=1S/C21H25N3O2/c1-26-21-17(6-4-11-22-21)15-24-14-16(18-7-2-3-8-19(18)24)10-13-23-12-5-9-20(23)25/h2-4,6-8,11,16H,5,9-10,12-15H2,1H3. The van der Waals surface area contributed by atoms with Crippen molar-refractivity contribution in [3.05, 3.63) is 53.7 Å². The Labute approximate surface area is 154 Å². The maximum Gasteiger partial charge on any atom is 0.222 e. The Hall–Kier alpha value is -2.56. The molecule has 3 heterocycles. The lowest BCUT2D eigenvalue weighted by Crippen LogP contribution is -2.28. The molecule has 2 aromatic rings. The lowest BCUT2D eigenvalue weighted by molar-refractivity contribution is -0.127. The van der Waals surface area contributed by atoms with Crippen LogP contribution in [0.1, 0.15) is 36.3 Å². The number of anilines is 1. The van der Waals surface area contributed by atoms with E-state index in [0.717, 1.165) is 44.6 Å². The van der Waals surface area contributed by atoms with Crippen molar-refractivity contribution >= 4 is 11.6 Å². The summed E-state index contributed by atoms with van der Waals surface area (Å²) in [6.07, 6.45) is 4.50. The molecular formula is C21H25N3O2. The highest BCUT2D eigenvalue weighted by Gasteiger charge is 2.30. The Balaban J connectivity index is 1.50. The quantitative estimate of drug-likeness (QED) is 0.802. The van der Waals surface area contributed by atoms with Gasteiger partial charge in [-0.1, -0.05) is 24.3 Å². The Morgan fingerprint density at radius 2 is 2.08 bits per heavy atom. The van der Waals surface area contributed by atoms with Crippen molar-refractivity contribution in [1.82, 2.24) is 9.88 Å². The van der Waals surface area contributed by atoms with Gasteiger partial charge in [0, 0.05) is 56.0 Å². The summed E-state index contributed by atoms with van der Waals surface area (Å²) in [5.74, 6) is 1.46. The summed E-state index contributed by atoms with van der Waals surface area (Å²) >= 11 is 0. The van der Waals surface area contributed by atoms with Gasteiger partial charge in [0.2, 0.25) is 11.8 Å². The number of likely N-dealkylation sites (tertiary alicyclic amines) is 1. The minimum Gasteiger partial charge on any atom is -0.481 e. The number of hydrogen-bond acceptors (Lipinski definition) is 4. The zero-order chi connectivity index (χ0) is 17.9. The number of ether oxygens (including phenoxy) is 1. The average Bonchev–Trinajstić information content (AvgIpc) is 3.24. The Kier molecular flexibility index (Phi) is 4.78. The van der Waals surface area contributed by atoms with Gasteiger partial charge in [0.05, 0.1) is 7.11 Å². The summed E-state index contributed by atoms with van der Waals surface area (Å²) in [7, 11) is 1.67. The van der Waals surface area contributed by atoms with Gasteiger partial charge in [-0.05, 0) is 30.5 Å². The highest BCUT2D eigenvalue weighted by atomic mass is 16.5. The van der Waals surface area contributed by atoms with Crippen LogP contribution >= 0.6 is 0 Å². The van der Waals surface area contributed by atoms with Gasteiger partial charge in [0.25, 0.3) is 0 Å². The SMILES string of the molecule is COc1ncccc1CN1CC(CCN2CCCC2=O)c2ccccc21. The van der Waals surface area contributed by atoms with E-state index in [1.807, 2.05) is 11.0 Å². The molecule has 26 heavy (non-hydrogen) atoms. The van der Waals surface area contributed by atoms with E-state index < -0.39 is 0 Å². The van der Waals surface area contributed by atoms with E-state index >= 15 is 0 Å². The molecule has 5 heteroatoms. The highest BCUT2D eigenvalue weighted by molar-refractivity contribution is 5.78. The fourth-order valence-corrected chi connectivity index (χ4v) is 4.17. The van der Waals surface area contributed by atoms with Crippen molar-refractivity contribution in [2.24, 2.45) is 0 Å². The van der Waals surface area contributed by atoms with Gasteiger partial charge in [-0.15, -0.1) is 0 Å². The number of carbonyl (C=O) groups excluding carboxylic acids is 1. The zero-order valence-electron chi connectivity index (χ0n) is 15.2. The molecule has 1 unspecified atom stereocenters. The summed E-state index contributed by atoms with van der Waals surface area (Å²) < 4.78 is 5.42. The third kappa shape index (κ3) is 3.26. The van der Waals surface area contributed by atoms with Crippen molar-refractivity contribution in [3.63, 3.8) is 0 Å². The lowest BCUT2D eigenvalue weighted by Gasteiger charge is -2.22. The molecule has 2 aliphatic heterocycles. The number of fused-ring (bicyclic) bond motifs is 1. The predicted molar refractivity (Wildman–Crippen MR) is 101 cm³/mol. The second-order valence-corrected chi connectivity index (χ2v) is 7.08. The third-order valence-corrected chi connectivity index (χ3v) is 5.48. The first-order valence-corrected chi connectivity index (χ1v) is 9.36. The molecule has 0 bridgehead atoms. The normalized spacial score (nSPS) is 19.1. The second kappa shape index (κ2) is 7.36. The van der Waals surface area contributed by atoms with Crippen LogP contribution < -0.4 is 9.64 Å². The maximum absolute atomic E-state index is 11.9. The molecule has 0 radical (unpaired) electrons. The van der Waals surface area contributed by atoms with E-state index in [2.05, 4.69) is 40.2 Å². The second-order valence-electron chi connectivity index (χ2n) is 7.08. The zero-order valence-corrected chi connectivity index (χ0v) is 15.2. The fourth-order valence-electron chi connectivity index (χ4n) is 4.17. The van der Waals surface area contributed by atoms with Gasteiger partial charge in [-0.25, -0.2) is 4.98 Å². The van der Waals surface area contributed by atoms with E-state index in [1.54, 1.807) is 13.3 Å². The van der Waals surface area contributed by atoms with Gasteiger partial charge in [0.15, 0.2) is 0 Å². The number of pyridine rings is 1. The molecule has 4 rings (SSSR count). The van der Waals surface area contributed by atoms with Crippen LogP contribution in [-0.2, 0) is 11.3 Å². The van der Waals surface area contributed by atoms with Crippen molar-refractivity contribution < 1.29 is 9.53 Å². The van der Waals surface area contributed by atoms with Gasteiger partial charge in [-0.3, -0.25) is 4.79 Å². The number of amides is 1. The number of hydrogen-bond donors (Lipinski definition) is 0. The third-order valence-electron chi connectivity index (χ3n) is 5.48. The first kappa shape index (κ1) is 16.9. The van der Waals surface area contributed by atoms with Gasteiger partial charge in [-0.2, -0.15) is 0 Å². The minimum atomic E-state index is 0.313. The molecule has 1 saturated heterocycles. The molecule has 1 atom stereocenters. The predicted octanol–water partition coefficient (Wildman–Crippen LogP) is 3.21. The first-order chi connectivity index (χ1) is 12.8. The van der Waals surface area contributed by atoms with Crippen molar-refractivity contribution in [1.29, 1.82) is 0 Å². The molecule has 1 aromatic heterocycles. The van der Waals surface area contributed by atoms with Crippen molar-refractivity contribution in [2.75, 3.05) is 31.6 Å². The van der Waals surface area contributed by atoms with Crippen molar-refractivity contribution in [3.8, 4) is 5.88 Å². The summed E-state index contributed by atoms with van der Waals surface area (Å²) in [5, 5.41) is 0. The lowest BCUT2D eigenvalue weighted by atomic mass is 9.98. The minimum absolute atomic E-state index is 0.313. The molecule has 136 valence electrons. The number of para-hydroxylation sites is 1. The fraction of sp³-hybridized carbons (Fsp3) is 0.429. The average molecular weight is 351 g/mol. The number of carbonyl (C=O) groups is 1. The van der Waals surface area contributed by atoms with Crippen LogP contribution in [0.5, 0.6) is 5.88 Å². The Bertz CT molecular complexity index is 792. The molecular weight excluding hydrogens is 326 g/mol. The van der Waals surface area contributed by atoms with Gasteiger partial charge in [0.1, 0.15) is 0 Å². The smallest absolute Gasteiger partial charge is 0.222 e. The highest BCUT2D eigenvalue weighted by Crippen LogP contribution is 2.39. The summed E-state index contributed by atoms with van der Waals surface area (Å²) in [4.78, 5) is 20.6. The van der Waals surface area contributed by atoms with Crippen LogP contribution in [0.4, 0.5) is 5.69 Å². The van der Waals surface area contributed by atoms with Gasteiger partial charge < -0.3 is 14.5 Å². The van der Waals surface area contributed by atoms with Crippen LogP contribution in [0.2, 0.25) is 0 Å². The van der Waals surface area contributed by atoms with Crippen LogP contribution in [0.15, 0.2) is 42.6 Å². The molecule has 0 saturated carbocycles. The maximum atomic E-state index is 11.9. The molecule has 0 N–H and O–H groups in total. The van der Waals surface area contributed by atoms with Crippen molar-refractivity contribution in [2.45, 2.75) is 31.7 Å². The van der Waals surface area contributed by atoms with E-state index in [1.165, 1.54) is 11.3 Å². The largest absolute Gasteiger partial charge is 0.481 e. The van der Waals surface area contributed by atoms with Crippen LogP contribution in [0, 0.1) is 0 Å². The number of nitrogens with zero attached hydrogens (tertiary/aromatic N) is 3. The monoisotopic (exact) mass is 351 g/mol.